The van der Waals surface area contributed by atoms with Gasteiger partial charge in [-0.25, -0.2) is 4.98 Å². The van der Waals surface area contributed by atoms with Crippen molar-refractivity contribution >= 4 is 5.82 Å². The van der Waals surface area contributed by atoms with E-state index in [4.69, 9.17) is 0 Å². The van der Waals surface area contributed by atoms with Crippen molar-refractivity contribution in [3.63, 3.8) is 0 Å². The predicted molar refractivity (Wildman–Crippen MR) is 104 cm³/mol. The maximum Gasteiger partial charge on any atom is 0.126 e. The molecule has 4 heteroatoms. The molecular weight excluding hydrogens is 308 g/mol. The van der Waals surface area contributed by atoms with E-state index in [9.17, 15) is 0 Å². The van der Waals surface area contributed by atoms with Gasteiger partial charge in [0.05, 0.1) is 6.20 Å². The molecule has 0 unspecified atom stereocenters. The van der Waals surface area contributed by atoms with Gasteiger partial charge >= 0.3 is 0 Å². The zero-order valence-electron chi connectivity index (χ0n) is 15.2. The zero-order chi connectivity index (χ0) is 17.6. The highest BCUT2D eigenvalue weighted by atomic mass is 15.1. The summed E-state index contributed by atoms with van der Waals surface area (Å²) in [6.07, 6.45) is 6.00. The monoisotopic (exact) mass is 334 g/mol. The number of nitrogens with zero attached hydrogens (tertiary/aromatic N) is 2. The van der Waals surface area contributed by atoms with Gasteiger partial charge in [0.25, 0.3) is 0 Å². The van der Waals surface area contributed by atoms with Crippen LogP contribution in [0.15, 0.2) is 48.8 Å². The predicted octanol–water partition coefficient (Wildman–Crippen LogP) is 5.30. The first kappa shape index (κ1) is 17.2. The molecule has 0 aliphatic heterocycles. The third-order valence-electron chi connectivity index (χ3n) is 4.85. The number of benzene rings is 1. The molecule has 2 aromatic heterocycles. The molecule has 3 aromatic rings. The number of rotatable bonds is 7. The third-order valence-corrected chi connectivity index (χ3v) is 4.85. The third kappa shape index (κ3) is 3.90. The fraction of sp³-hybridized carbons (Fsp3) is 0.333. The summed E-state index contributed by atoms with van der Waals surface area (Å²) in [5.41, 5.74) is 6.13. The smallest absolute Gasteiger partial charge is 0.126 e. The van der Waals surface area contributed by atoms with Gasteiger partial charge in [-0.05, 0) is 48.6 Å². The molecule has 0 radical (unpaired) electrons. The second-order valence-corrected chi connectivity index (χ2v) is 6.42. The van der Waals surface area contributed by atoms with Crippen LogP contribution in [-0.4, -0.2) is 15.2 Å². The molecule has 0 atom stereocenters. The second kappa shape index (κ2) is 7.97. The lowest BCUT2D eigenvalue weighted by molar-refractivity contribution is 0.622. The first-order valence-corrected chi connectivity index (χ1v) is 9.01. The number of H-pyrrole nitrogens is 1. The summed E-state index contributed by atoms with van der Waals surface area (Å²) in [7, 11) is 0. The number of aromatic amines is 1. The van der Waals surface area contributed by atoms with Gasteiger partial charge in [-0.2, -0.15) is 5.10 Å². The number of hydrogen-bond donors (Lipinski definition) is 2. The lowest BCUT2D eigenvalue weighted by atomic mass is 9.94. The molecule has 0 amide bonds. The Hall–Kier alpha value is -2.62. The Balaban J connectivity index is 1.81. The van der Waals surface area contributed by atoms with Crippen LogP contribution in [0.25, 0.3) is 11.1 Å². The number of nitrogens with one attached hydrogen (secondary N) is 2. The fourth-order valence-corrected chi connectivity index (χ4v) is 3.22. The van der Waals surface area contributed by atoms with Crippen molar-refractivity contribution in [2.75, 3.05) is 5.32 Å². The summed E-state index contributed by atoms with van der Waals surface area (Å²) < 4.78 is 0. The minimum absolute atomic E-state index is 0.508. The van der Waals surface area contributed by atoms with Gasteiger partial charge in [0, 0.05) is 29.9 Å². The SMILES string of the molecule is CCC(CC)c1[nH]ncc1-c1ccnc(NCc2ccccc2C)c1. The summed E-state index contributed by atoms with van der Waals surface area (Å²) in [6.45, 7) is 7.35. The summed E-state index contributed by atoms with van der Waals surface area (Å²) in [5.74, 6) is 1.39. The summed E-state index contributed by atoms with van der Waals surface area (Å²) >= 11 is 0. The maximum absolute atomic E-state index is 4.47. The summed E-state index contributed by atoms with van der Waals surface area (Å²) in [5, 5.41) is 10.9. The molecule has 0 spiro atoms. The minimum atomic E-state index is 0.508. The van der Waals surface area contributed by atoms with E-state index in [1.165, 1.54) is 22.4 Å². The molecular formula is C21H26N4. The van der Waals surface area contributed by atoms with Crippen LogP contribution >= 0.6 is 0 Å². The van der Waals surface area contributed by atoms with Crippen LogP contribution < -0.4 is 5.32 Å². The van der Waals surface area contributed by atoms with Crippen molar-refractivity contribution in [3.05, 3.63) is 65.6 Å². The Morgan fingerprint density at radius 3 is 2.68 bits per heavy atom. The van der Waals surface area contributed by atoms with Crippen LogP contribution in [0.3, 0.4) is 0 Å². The van der Waals surface area contributed by atoms with Crippen molar-refractivity contribution in [1.29, 1.82) is 0 Å². The van der Waals surface area contributed by atoms with Gasteiger partial charge in [0.15, 0.2) is 0 Å². The fourth-order valence-electron chi connectivity index (χ4n) is 3.22. The molecule has 2 heterocycles. The number of aryl methyl sites for hydroxylation is 1. The van der Waals surface area contributed by atoms with Gasteiger partial charge in [0.2, 0.25) is 0 Å². The van der Waals surface area contributed by atoms with Gasteiger partial charge in [-0.3, -0.25) is 5.10 Å². The van der Waals surface area contributed by atoms with Crippen molar-refractivity contribution in [3.8, 4) is 11.1 Å². The molecule has 130 valence electrons. The molecule has 4 nitrogen and oxygen atoms in total. The average Bonchev–Trinajstić information content (AvgIpc) is 3.12. The number of hydrogen-bond acceptors (Lipinski definition) is 3. The second-order valence-electron chi connectivity index (χ2n) is 6.42. The lowest BCUT2D eigenvalue weighted by Crippen LogP contribution is -2.03. The quantitative estimate of drug-likeness (QED) is 0.617. The highest BCUT2D eigenvalue weighted by molar-refractivity contribution is 5.68. The van der Waals surface area contributed by atoms with Crippen LogP contribution in [0.2, 0.25) is 0 Å². The molecule has 0 saturated heterocycles. The maximum atomic E-state index is 4.47. The molecule has 3 rings (SSSR count). The first-order chi connectivity index (χ1) is 12.2. The normalized spacial score (nSPS) is 11.0. The number of aromatic nitrogens is 3. The molecule has 0 fully saturated rings. The van der Waals surface area contributed by atoms with E-state index in [1.807, 2.05) is 12.4 Å². The van der Waals surface area contributed by atoms with E-state index in [2.05, 4.69) is 77.7 Å². The number of anilines is 1. The molecule has 25 heavy (non-hydrogen) atoms. The van der Waals surface area contributed by atoms with Gasteiger partial charge < -0.3 is 5.32 Å². The van der Waals surface area contributed by atoms with Crippen LogP contribution in [0.4, 0.5) is 5.82 Å². The Kier molecular flexibility index (Phi) is 5.49. The van der Waals surface area contributed by atoms with E-state index >= 15 is 0 Å². The van der Waals surface area contributed by atoms with Crippen LogP contribution in [-0.2, 0) is 6.54 Å². The zero-order valence-corrected chi connectivity index (χ0v) is 15.2. The Bertz CT molecular complexity index is 818. The molecule has 0 saturated carbocycles. The van der Waals surface area contributed by atoms with Gasteiger partial charge in [-0.1, -0.05) is 38.1 Å². The van der Waals surface area contributed by atoms with Gasteiger partial charge in [-0.15, -0.1) is 0 Å². The molecule has 0 bridgehead atoms. The molecule has 1 aromatic carbocycles. The van der Waals surface area contributed by atoms with E-state index in [0.29, 0.717) is 5.92 Å². The van der Waals surface area contributed by atoms with Gasteiger partial charge in [0.1, 0.15) is 5.82 Å². The summed E-state index contributed by atoms with van der Waals surface area (Å²) in [6, 6.07) is 12.6. The lowest BCUT2D eigenvalue weighted by Gasteiger charge is -2.13. The summed E-state index contributed by atoms with van der Waals surface area (Å²) in [4.78, 5) is 4.47. The van der Waals surface area contributed by atoms with Crippen molar-refractivity contribution in [2.24, 2.45) is 0 Å². The van der Waals surface area contributed by atoms with E-state index < -0.39 is 0 Å². The molecule has 2 N–H and O–H groups in total. The Morgan fingerprint density at radius 1 is 1.12 bits per heavy atom. The minimum Gasteiger partial charge on any atom is -0.366 e. The topological polar surface area (TPSA) is 53.6 Å². The van der Waals surface area contributed by atoms with Crippen molar-refractivity contribution < 1.29 is 0 Å². The van der Waals surface area contributed by atoms with Crippen LogP contribution in [0, 0.1) is 6.92 Å². The number of pyridine rings is 1. The van der Waals surface area contributed by atoms with Crippen LogP contribution in [0.5, 0.6) is 0 Å². The highest BCUT2D eigenvalue weighted by Gasteiger charge is 2.15. The molecule has 0 aliphatic rings. The Labute approximate surface area is 149 Å². The van der Waals surface area contributed by atoms with Crippen LogP contribution in [0.1, 0.15) is 49.4 Å². The highest BCUT2D eigenvalue weighted by Crippen LogP contribution is 2.31. The van der Waals surface area contributed by atoms with Crippen molar-refractivity contribution in [1.82, 2.24) is 15.2 Å². The van der Waals surface area contributed by atoms with E-state index in [0.717, 1.165) is 30.8 Å². The standard InChI is InChI=1S/C21H26N4/c1-4-16(5-2)21-19(14-24-25-21)17-10-11-22-20(12-17)23-13-18-9-7-6-8-15(18)3/h6-12,14,16H,4-5,13H2,1-3H3,(H,22,23)(H,24,25). The van der Waals surface area contributed by atoms with E-state index in [-0.39, 0.29) is 0 Å². The largest absolute Gasteiger partial charge is 0.366 e. The Morgan fingerprint density at radius 2 is 1.92 bits per heavy atom. The van der Waals surface area contributed by atoms with Crippen molar-refractivity contribution in [2.45, 2.75) is 46.1 Å². The average molecular weight is 334 g/mol. The first-order valence-electron chi connectivity index (χ1n) is 9.01. The van der Waals surface area contributed by atoms with E-state index in [1.54, 1.807) is 0 Å². The molecule has 0 aliphatic carbocycles.